The summed E-state index contributed by atoms with van der Waals surface area (Å²) in [6.07, 6.45) is 4.74. The van der Waals surface area contributed by atoms with Gasteiger partial charge in [-0.05, 0) is 65.6 Å². The van der Waals surface area contributed by atoms with Crippen LogP contribution in [0.4, 0.5) is 0 Å². The Labute approximate surface area is 151 Å². The number of fused-ring (bicyclic) bond motifs is 3. The highest BCUT2D eigenvalue weighted by Gasteiger charge is 2.49. The minimum absolute atomic E-state index is 0.0692. The van der Waals surface area contributed by atoms with Crippen LogP contribution in [0, 0.1) is 17.8 Å². The number of hydrogen-bond acceptors (Lipinski definition) is 3. The molecule has 2 fully saturated rings. The maximum absolute atomic E-state index is 6.63. The zero-order chi connectivity index (χ0) is 17.5. The molecule has 3 aliphatic rings. The van der Waals surface area contributed by atoms with Gasteiger partial charge in [-0.1, -0.05) is 30.0 Å². The second-order valence-corrected chi connectivity index (χ2v) is 8.44. The van der Waals surface area contributed by atoms with Crippen molar-refractivity contribution in [3.63, 3.8) is 0 Å². The summed E-state index contributed by atoms with van der Waals surface area (Å²) in [5.41, 5.74) is 0.615. The van der Waals surface area contributed by atoms with Gasteiger partial charge in [0.1, 0.15) is 17.0 Å². The third kappa shape index (κ3) is 3.30. The number of benzene rings is 1. The highest BCUT2D eigenvalue weighted by molar-refractivity contribution is 5.39. The summed E-state index contributed by atoms with van der Waals surface area (Å²) in [5, 5.41) is 0. The lowest BCUT2D eigenvalue weighted by Crippen LogP contribution is -2.50. The highest BCUT2D eigenvalue weighted by atomic mass is 16.5. The van der Waals surface area contributed by atoms with Gasteiger partial charge in [0.05, 0.1) is 12.6 Å². The summed E-state index contributed by atoms with van der Waals surface area (Å²) in [6, 6.07) is 8.31. The van der Waals surface area contributed by atoms with E-state index in [1.54, 1.807) is 0 Å². The van der Waals surface area contributed by atoms with Gasteiger partial charge in [0.15, 0.2) is 0 Å². The summed E-state index contributed by atoms with van der Waals surface area (Å²) in [5.74, 6) is 8.19. The molecule has 3 heterocycles. The van der Waals surface area contributed by atoms with Crippen molar-refractivity contribution in [3.8, 4) is 17.6 Å². The van der Waals surface area contributed by atoms with Crippen LogP contribution in [0.5, 0.6) is 5.75 Å². The Morgan fingerprint density at radius 3 is 2.72 bits per heavy atom. The van der Waals surface area contributed by atoms with Crippen molar-refractivity contribution in [3.05, 3.63) is 29.8 Å². The molecule has 0 unspecified atom stereocenters. The molecule has 0 amide bonds. The molecule has 0 aliphatic carbocycles. The number of hydrogen-bond donors (Lipinski definition) is 0. The molecule has 4 rings (SSSR count). The van der Waals surface area contributed by atoms with E-state index in [9.17, 15) is 0 Å². The fraction of sp³-hybridized carbons (Fsp3) is 0.636. The van der Waals surface area contributed by atoms with Crippen molar-refractivity contribution in [1.29, 1.82) is 0 Å². The molecule has 2 saturated heterocycles. The molecule has 134 valence electrons. The second-order valence-electron chi connectivity index (χ2n) is 8.44. The smallest absolute Gasteiger partial charge is 0.126 e. The molecule has 3 nitrogen and oxygen atoms in total. The fourth-order valence-electron chi connectivity index (χ4n) is 4.53. The van der Waals surface area contributed by atoms with Crippen LogP contribution in [0.25, 0.3) is 0 Å². The summed E-state index contributed by atoms with van der Waals surface area (Å²) in [6.45, 7) is 9.78. The maximum Gasteiger partial charge on any atom is 0.126 e. The molecule has 3 aliphatic heterocycles. The van der Waals surface area contributed by atoms with Gasteiger partial charge in [0, 0.05) is 11.5 Å². The van der Waals surface area contributed by atoms with E-state index in [1.165, 1.54) is 31.5 Å². The largest absolute Gasteiger partial charge is 0.487 e. The molecule has 0 bridgehead atoms. The van der Waals surface area contributed by atoms with E-state index < -0.39 is 0 Å². The molecule has 3 heteroatoms. The molecular weight excluding hydrogens is 310 g/mol. The molecule has 0 saturated carbocycles. The van der Waals surface area contributed by atoms with Crippen LogP contribution in [0.1, 0.15) is 58.1 Å². The lowest BCUT2D eigenvalue weighted by molar-refractivity contribution is -0.169. The summed E-state index contributed by atoms with van der Waals surface area (Å²) >= 11 is 0. The van der Waals surface area contributed by atoms with Crippen molar-refractivity contribution < 1.29 is 9.47 Å². The number of para-hydroxylation sites is 1. The van der Waals surface area contributed by atoms with E-state index in [-0.39, 0.29) is 17.3 Å². The average Bonchev–Trinajstić information content (AvgIpc) is 3.07. The van der Waals surface area contributed by atoms with Gasteiger partial charge in [-0.3, -0.25) is 4.90 Å². The average molecular weight is 339 g/mol. The first-order valence-corrected chi connectivity index (χ1v) is 9.65. The van der Waals surface area contributed by atoms with Gasteiger partial charge in [0.25, 0.3) is 0 Å². The Hall–Kier alpha value is -1.50. The van der Waals surface area contributed by atoms with E-state index in [4.69, 9.17) is 9.47 Å². The standard InChI is InChI=1S/C22H29NO2/c1-21(2)18-11-13-22(3,12-8-16-23-14-6-7-15-23)25-20(18)17-9-4-5-10-19(17)24-21/h4-5,9-10,18,20H,6-7,11,13-16H2,1-3H3/t18-,20-,22-/m1/s1. The van der Waals surface area contributed by atoms with Crippen molar-refractivity contribution in [2.24, 2.45) is 5.92 Å². The predicted octanol–water partition coefficient (Wildman–Crippen LogP) is 4.18. The quantitative estimate of drug-likeness (QED) is 0.716. The van der Waals surface area contributed by atoms with Gasteiger partial charge in [-0.25, -0.2) is 0 Å². The van der Waals surface area contributed by atoms with Crippen LogP contribution < -0.4 is 4.74 Å². The van der Waals surface area contributed by atoms with Gasteiger partial charge in [-0.2, -0.15) is 0 Å². The van der Waals surface area contributed by atoms with Gasteiger partial charge >= 0.3 is 0 Å². The Kier molecular flexibility index (Phi) is 4.30. The monoisotopic (exact) mass is 339 g/mol. The highest BCUT2D eigenvalue weighted by Crippen LogP contribution is 2.52. The van der Waals surface area contributed by atoms with Crippen LogP contribution in [0.15, 0.2) is 24.3 Å². The summed E-state index contributed by atoms with van der Waals surface area (Å²) < 4.78 is 12.9. The van der Waals surface area contributed by atoms with Gasteiger partial charge in [-0.15, -0.1) is 0 Å². The summed E-state index contributed by atoms with van der Waals surface area (Å²) in [7, 11) is 0. The molecule has 0 spiro atoms. The van der Waals surface area contributed by atoms with Crippen LogP contribution in [-0.2, 0) is 4.74 Å². The van der Waals surface area contributed by atoms with E-state index in [1.807, 2.05) is 6.07 Å². The van der Waals surface area contributed by atoms with E-state index in [0.717, 1.165) is 25.1 Å². The van der Waals surface area contributed by atoms with E-state index >= 15 is 0 Å². The first-order chi connectivity index (χ1) is 12.0. The van der Waals surface area contributed by atoms with E-state index in [2.05, 4.69) is 55.7 Å². The first kappa shape index (κ1) is 16.9. The SMILES string of the molecule is CC1(C)Oc2ccccc2[C@H]2O[C@](C)(C#CCN3CCCC3)CC[C@H]21. The normalized spacial score (nSPS) is 33.6. The maximum atomic E-state index is 6.63. The molecule has 1 aromatic carbocycles. The lowest BCUT2D eigenvalue weighted by atomic mass is 9.73. The molecule has 25 heavy (non-hydrogen) atoms. The van der Waals surface area contributed by atoms with Gasteiger partial charge in [0.2, 0.25) is 0 Å². The zero-order valence-electron chi connectivity index (χ0n) is 15.7. The number of rotatable bonds is 1. The van der Waals surface area contributed by atoms with Crippen molar-refractivity contribution in [1.82, 2.24) is 4.90 Å². The molecule has 0 N–H and O–H groups in total. The summed E-state index contributed by atoms with van der Waals surface area (Å²) in [4.78, 5) is 2.44. The topological polar surface area (TPSA) is 21.7 Å². The van der Waals surface area contributed by atoms with Crippen LogP contribution in [0.2, 0.25) is 0 Å². The van der Waals surface area contributed by atoms with E-state index in [0.29, 0.717) is 5.92 Å². The number of nitrogens with zero attached hydrogens (tertiary/aromatic N) is 1. The van der Waals surface area contributed by atoms with Crippen LogP contribution in [0.3, 0.4) is 0 Å². The molecule has 0 aromatic heterocycles. The Morgan fingerprint density at radius 1 is 1.16 bits per heavy atom. The first-order valence-electron chi connectivity index (χ1n) is 9.65. The van der Waals surface area contributed by atoms with Crippen LogP contribution in [-0.4, -0.2) is 35.7 Å². The second kappa shape index (κ2) is 6.34. The molecule has 1 aromatic rings. The van der Waals surface area contributed by atoms with Crippen molar-refractivity contribution in [2.45, 2.75) is 63.8 Å². The third-order valence-electron chi connectivity index (χ3n) is 6.03. The van der Waals surface area contributed by atoms with Gasteiger partial charge < -0.3 is 9.47 Å². The molecule has 3 atom stereocenters. The molecular formula is C22H29NO2. The minimum atomic E-state index is -0.360. The zero-order valence-corrected chi connectivity index (χ0v) is 15.7. The Bertz CT molecular complexity index is 695. The molecule has 0 radical (unpaired) electrons. The number of ether oxygens (including phenoxy) is 2. The Balaban J connectivity index is 1.55. The van der Waals surface area contributed by atoms with Crippen molar-refractivity contribution in [2.75, 3.05) is 19.6 Å². The minimum Gasteiger partial charge on any atom is -0.487 e. The fourth-order valence-corrected chi connectivity index (χ4v) is 4.53. The number of likely N-dealkylation sites (tertiary alicyclic amines) is 1. The van der Waals surface area contributed by atoms with Crippen molar-refractivity contribution >= 4 is 0 Å². The predicted molar refractivity (Wildman–Crippen MR) is 99.6 cm³/mol. The van der Waals surface area contributed by atoms with Crippen LogP contribution >= 0.6 is 0 Å². The Morgan fingerprint density at radius 2 is 1.92 bits per heavy atom. The third-order valence-corrected chi connectivity index (χ3v) is 6.03. The lowest BCUT2D eigenvalue weighted by Gasteiger charge is -2.50.